The Morgan fingerprint density at radius 3 is 2.48 bits per heavy atom. The van der Waals surface area contributed by atoms with E-state index in [2.05, 4.69) is 10.1 Å². The van der Waals surface area contributed by atoms with Crippen LogP contribution in [0, 0.1) is 0 Å². The van der Waals surface area contributed by atoms with Crippen molar-refractivity contribution in [3.05, 3.63) is 6.33 Å². The topological polar surface area (TPSA) is 107 Å². The summed E-state index contributed by atoms with van der Waals surface area (Å²) in [6.45, 7) is 7.71. The zero-order valence-corrected chi connectivity index (χ0v) is 13.9. The lowest BCUT2D eigenvalue weighted by Gasteiger charge is -2.26. The Hall–Kier alpha value is -2.32. The van der Waals surface area contributed by atoms with E-state index in [0.717, 1.165) is 0 Å². The van der Waals surface area contributed by atoms with Crippen molar-refractivity contribution in [2.24, 2.45) is 0 Å². The van der Waals surface area contributed by atoms with Gasteiger partial charge >= 0.3 is 6.09 Å². The van der Waals surface area contributed by atoms with Gasteiger partial charge in [-0.2, -0.15) is 0 Å². The predicted octanol–water partition coefficient (Wildman–Crippen LogP) is 0.330. The highest BCUT2D eigenvalue weighted by Crippen LogP contribution is 2.12. The van der Waals surface area contributed by atoms with E-state index >= 15 is 0 Å². The van der Waals surface area contributed by atoms with Gasteiger partial charge in [0, 0.05) is 26.2 Å². The number of anilines is 1. The molecule has 128 valence electrons. The molecule has 1 saturated heterocycles. The number of nitrogens with zero attached hydrogens (tertiary/aromatic N) is 5. The lowest BCUT2D eigenvalue weighted by molar-refractivity contribution is -0.131. The number of ether oxygens (including phenoxy) is 1. The van der Waals surface area contributed by atoms with Crippen molar-refractivity contribution in [3.63, 3.8) is 0 Å². The van der Waals surface area contributed by atoms with Gasteiger partial charge in [0.05, 0.1) is 0 Å². The van der Waals surface area contributed by atoms with E-state index in [4.69, 9.17) is 10.5 Å². The first-order valence-electron chi connectivity index (χ1n) is 7.65. The maximum absolute atomic E-state index is 12.3. The van der Waals surface area contributed by atoms with Gasteiger partial charge in [0.1, 0.15) is 18.5 Å². The minimum Gasteiger partial charge on any atom is -0.444 e. The fourth-order valence-electron chi connectivity index (χ4n) is 2.30. The van der Waals surface area contributed by atoms with Gasteiger partial charge in [-0.15, -0.1) is 5.10 Å². The van der Waals surface area contributed by atoms with Crippen LogP contribution in [0.25, 0.3) is 0 Å². The van der Waals surface area contributed by atoms with E-state index in [1.165, 1.54) is 11.0 Å². The summed E-state index contributed by atoms with van der Waals surface area (Å²) in [5, 5.41) is 3.90. The van der Waals surface area contributed by atoms with E-state index < -0.39 is 5.60 Å². The molecule has 0 saturated carbocycles. The molecule has 1 fully saturated rings. The monoisotopic (exact) mass is 324 g/mol. The van der Waals surface area contributed by atoms with Gasteiger partial charge in [0.2, 0.25) is 11.9 Å². The van der Waals surface area contributed by atoms with Gasteiger partial charge < -0.3 is 20.3 Å². The molecule has 9 nitrogen and oxygen atoms in total. The molecular formula is C14H24N6O3. The lowest BCUT2D eigenvalue weighted by atomic mass is 10.2. The predicted molar refractivity (Wildman–Crippen MR) is 83.4 cm³/mol. The Kier molecular flexibility index (Phi) is 5.07. The van der Waals surface area contributed by atoms with Crippen molar-refractivity contribution < 1.29 is 14.3 Å². The summed E-state index contributed by atoms with van der Waals surface area (Å²) >= 11 is 0. The molecule has 1 aliphatic heterocycles. The summed E-state index contributed by atoms with van der Waals surface area (Å²) in [6, 6.07) is 0. The van der Waals surface area contributed by atoms with Gasteiger partial charge in [0.25, 0.3) is 0 Å². The third kappa shape index (κ3) is 5.11. The summed E-state index contributed by atoms with van der Waals surface area (Å²) in [7, 11) is 0. The van der Waals surface area contributed by atoms with Crippen LogP contribution in [-0.2, 0) is 16.1 Å². The van der Waals surface area contributed by atoms with Crippen LogP contribution in [0.4, 0.5) is 10.7 Å². The summed E-state index contributed by atoms with van der Waals surface area (Å²) in [5.74, 6) is 0.0747. The first kappa shape index (κ1) is 17.0. The third-order valence-corrected chi connectivity index (χ3v) is 3.35. The Morgan fingerprint density at radius 1 is 1.22 bits per heavy atom. The molecule has 0 spiro atoms. The molecule has 2 rings (SSSR count). The van der Waals surface area contributed by atoms with E-state index in [-0.39, 0.29) is 24.5 Å². The highest BCUT2D eigenvalue weighted by Gasteiger charge is 2.26. The molecule has 0 unspecified atom stereocenters. The minimum atomic E-state index is -0.522. The van der Waals surface area contributed by atoms with Gasteiger partial charge in [0.15, 0.2) is 0 Å². The minimum absolute atomic E-state index is 0.0686. The number of rotatable bonds is 2. The van der Waals surface area contributed by atoms with Crippen molar-refractivity contribution in [1.82, 2.24) is 24.6 Å². The Labute approximate surface area is 135 Å². The van der Waals surface area contributed by atoms with Crippen molar-refractivity contribution in [2.45, 2.75) is 39.3 Å². The molecule has 0 aliphatic carbocycles. The number of amides is 2. The van der Waals surface area contributed by atoms with Crippen molar-refractivity contribution in [1.29, 1.82) is 0 Å². The van der Waals surface area contributed by atoms with Gasteiger partial charge in [-0.05, 0) is 27.2 Å². The average molecular weight is 324 g/mol. The van der Waals surface area contributed by atoms with Crippen molar-refractivity contribution in [3.8, 4) is 0 Å². The second-order valence-corrected chi connectivity index (χ2v) is 6.50. The number of carbonyl (C=O) groups excluding carboxylic acids is 2. The summed E-state index contributed by atoms with van der Waals surface area (Å²) < 4.78 is 6.79. The fraction of sp³-hybridized carbons (Fsp3) is 0.714. The number of carbonyl (C=O) groups is 2. The van der Waals surface area contributed by atoms with Crippen LogP contribution < -0.4 is 5.73 Å². The molecular weight excluding hydrogens is 300 g/mol. The summed E-state index contributed by atoms with van der Waals surface area (Å²) in [6.07, 6.45) is 1.80. The first-order chi connectivity index (χ1) is 10.7. The zero-order chi connectivity index (χ0) is 17.0. The molecule has 0 radical (unpaired) electrons. The molecule has 23 heavy (non-hydrogen) atoms. The maximum Gasteiger partial charge on any atom is 0.410 e. The van der Waals surface area contributed by atoms with E-state index in [0.29, 0.717) is 32.6 Å². The van der Waals surface area contributed by atoms with Gasteiger partial charge in [-0.3, -0.25) is 4.79 Å². The molecule has 1 aromatic rings. The van der Waals surface area contributed by atoms with Crippen LogP contribution in [0.5, 0.6) is 0 Å². The highest BCUT2D eigenvalue weighted by molar-refractivity contribution is 5.76. The smallest absolute Gasteiger partial charge is 0.410 e. The van der Waals surface area contributed by atoms with Gasteiger partial charge in [-0.25, -0.2) is 14.5 Å². The van der Waals surface area contributed by atoms with Crippen molar-refractivity contribution in [2.75, 3.05) is 31.9 Å². The largest absolute Gasteiger partial charge is 0.444 e. The molecule has 1 aromatic heterocycles. The molecule has 0 aromatic carbocycles. The zero-order valence-electron chi connectivity index (χ0n) is 13.9. The second-order valence-electron chi connectivity index (χ2n) is 6.50. The second kappa shape index (κ2) is 6.84. The standard InChI is InChI=1S/C14H24N6O3/c1-14(2,3)23-13(22)19-6-4-5-18(7-8-19)11(21)9-20-10-16-12(15)17-20/h10H,4-9H2,1-3H3,(H2,15,17). The van der Waals surface area contributed by atoms with Crippen LogP contribution in [0.1, 0.15) is 27.2 Å². The molecule has 2 amide bonds. The Balaban J connectivity index is 1.88. The van der Waals surface area contributed by atoms with E-state index in [1.54, 1.807) is 9.80 Å². The van der Waals surface area contributed by atoms with E-state index in [9.17, 15) is 9.59 Å². The third-order valence-electron chi connectivity index (χ3n) is 3.35. The summed E-state index contributed by atoms with van der Waals surface area (Å²) in [5.41, 5.74) is 4.91. The number of nitrogens with two attached hydrogens (primary N) is 1. The van der Waals surface area contributed by atoms with Crippen molar-refractivity contribution >= 4 is 17.9 Å². The normalized spacial score (nSPS) is 16.1. The Morgan fingerprint density at radius 2 is 1.87 bits per heavy atom. The van der Waals surface area contributed by atoms with Crippen LogP contribution in [0.15, 0.2) is 6.33 Å². The highest BCUT2D eigenvalue weighted by atomic mass is 16.6. The summed E-state index contributed by atoms with van der Waals surface area (Å²) in [4.78, 5) is 31.6. The van der Waals surface area contributed by atoms with Crippen LogP contribution in [-0.4, -0.2) is 68.3 Å². The van der Waals surface area contributed by atoms with Crippen LogP contribution in [0.3, 0.4) is 0 Å². The maximum atomic E-state index is 12.3. The molecule has 2 heterocycles. The molecule has 0 atom stereocenters. The number of hydrogen-bond acceptors (Lipinski definition) is 6. The lowest BCUT2D eigenvalue weighted by Crippen LogP contribution is -2.40. The number of hydrogen-bond donors (Lipinski definition) is 1. The number of aromatic nitrogens is 3. The quantitative estimate of drug-likeness (QED) is 0.840. The fourth-order valence-corrected chi connectivity index (χ4v) is 2.30. The average Bonchev–Trinajstić information content (AvgIpc) is 2.71. The Bertz CT molecular complexity index is 565. The number of nitrogen functional groups attached to an aromatic ring is 1. The van der Waals surface area contributed by atoms with Crippen LogP contribution >= 0.6 is 0 Å². The SMILES string of the molecule is CC(C)(C)OC(=O)N1CCCN(C(=O)Cn2cnc(N)n2)CC1. The molecule has 1 aliphatic rings. The molecule has 9 heteroatoms. The molecule has 2 N–H and O–H groups in total. The van der Waals surface area contributed by atoms with Crippen LogP contribution in [0.2, 0.25) is 0 Å². The van der Waals surface area contributed by atoms with E-state index in [1.807, 2.05) is 20.8 Å². The first-order valence-corrected chi connectivity index (χ1v) is 7.65. The van der Waals surface area contributed by atoms with Gasteiger partial charge in [-0.1, -0.05) is 0 Å². The molecule has 0 bridgehead atoms.